The van der Waals surface area contributed by atoms with Gasteiger partial charge < -0.3 is 15.1 Å². The lowest BCUT2D eigenvalue weighted by molar-refractivity contribution is 0.213. The van der Waals surface area contributed by atoms with Crippen LogP contribution in [0.15, 0.2) is 21.5 Å². The minimum absolute atomic E-state index is 0. The second kappa shape index (κ2) is 8.03. The Bertz CT molecular complexity index is 468. The summed E-state index contributed by atoms with van der Waals surface area (Å²) in [6.45, 7) is 7.10. The SMILES string of the molecule is Cc1ccc(C(CNC2=NCCCN2)N2CCCC2)o1.I. The molecule has 3 heterocycles. The van der Waals surface area contributed by atoms with Gasteiger partial charge in [0.05, 0.1) is 6.04 Å². The van der Waals surface area contributed by atoms with Crippen molar-refractivity contribution in [2.24, 2.45) is 4.99 Å². The first-order valence-corrected chi connectivity index (χ1v) is 7.65. The topological polar surface area (TPSA) is 52.8 Å². The maximum absolute atomic E-state index is 5.86. The van der Waals surface area contributed by atoms with Crippen molar-refractivity contribution in [2.75, 3.05) is 32.7 Å². The maximum Gasteiger partial charge on any atom is 0.191 e. The van der Waals surface area contributed by atoms with Crippen molar-refractivity contribution < 1.29 is 4.42 Å². The monoisotopic (exact) mass is 404 g/mol. The Kier molecular flexibility index (Phi) is 6.35. The molecule has 1 aromatic rings. The van der Waals surface area contributed by atoms with Crippen LogP contribution in [0, 0.1) is 6.92 Å². The zero-order chi connectivity index (χ0) is 13.8. The molecule has 0 radical (unpaired) electrons. The van der Waals surface area contributed by atoms with Gasteiger partial charge in [0.2, 0.25) is 0 Å². The van der Waals surface area contributed by atoms with Crippen molar-refractivity contribution in [1.29, 1.82) is 0 Å². The smallest absolute Gasteiger partial charge is 0.191 e. The number of halogens is 1. The van der Waals surface area contributed by atoms with Crippen LogP contribution in [0.25, 0.3) is 0 Å². The van der Waals surface area contributed by atoms with Crippen LogP contribution in [0.4, 0.5) is 0 Å². The second-order valence-electron chi connectivity index (χ2n) is 5.60. The van der Waals surface area contributed by atoms with E-state index in [1.165, 1.54) is 12.8 Å². The summed E-state index contributed by atoms with van der Waals surface area (Å²) < 4.78 is 5.86. The van der Waals surface area contributed by atoms with Crippen molar-refractivity contribution in [3.05, 3.63) is 23.7 Å². The van der Waals surface area contributed by atoms with E-state index >= 15 is 0 Å². The van der Waals surface area contributed by atoms with Crippen molar-refractivity contribution >= 4 is 29.9 Å². The molecule has 1 atom stereocenters. The molecule has 0 aromatic carbocycles. The summed E-state index contributed by atoms with van der Waals surface area (Å²) in [5, 5.41) is 6.75. The van der Waals surface area contributed by atoms with Gasteiger partial charge in [0.1, 0.15) is 11.5 Å². The third-order valence-electron chi connectivity index (χ3n) is 4.03. The third-order valence-corrected chi connectivity index (χ3v) is 4.03. The Morgan fingerprint density at radius 1 is 1.33 bits per heavy atom. The fraction of sp³-hybridized carbons (Fsp3) is 0.667. The first kappa shape index (κ1) is 16.6. The molecule has 0 amide bonds. The average molecular weight is 404 g/mol. The van der Waals surface area contributed by atoms with Gasteiger partial charge in [0.15, 0.2) is 5.96 Å². The Morgan fingerprint density at radius 3 is 2.76 bits per heavy atom. The number of nitrogens with zero attached hydrogens (tertiary/aromatic N) is 2. The zero-order valence-electron chi connectivity index (χ0n) is 12.6. The zero-order valence-corrected chi connectivity index (χ0v) is 14.9. The van der Waals surface area contributed by atoms with Crippen LogP contribution in [0.1, 0.15) is 36.8 Å². The largest absolute Gasteiger partial charge is 0.465 e. The molecule has 2 aliphatic heterocycles. The van der Waals surface area contributed by atoms with Crippen molar-refractivity contribution in [3.8, 4) is 0 Å². The normalized spacial score (nSPS) is 20.3. The second-order valence-corrected chi connectivity index (χ2v) is 5.60. The van der Waals surface area contributed by atoms with Crippen LogP contribution in [0.3, 0.4) is 0 Å². The molecule has 1 unspecified atom stereocenters. The first-order chi connectivity index (χ1) is 9.83. The predicted octanol–water partition coefficient (Wildman–Crippen LogP) is 2.28. The highest BCUT2D eigenvalue weighted by Crippen LogP contribution is 2.26. The highest BCUT2D eigenvalue weighted by Gasteiger charge is 2.26. The van der Waals surface area contributed by atoms with Crippen LogP contribution < -0.4 is 10.6 Å². The summed E-state index contributed by atoms with van der Waals surface area (Å²) in [6, 6.07) is 4.46. The van der Waals surface area contributed by atoms with Crippen molar-refractivity contribution in [3.63, 3.8) is 0 Å². The molecule has 1 saturated heterocycles. The molecule has 5 nitrogen and oxygen atoms in total. The van der Waals surface area contributed by atoms with Gasteiger partial charge in [-0.2, -0.15) is 0 Å². The lowest BCUT2D eigenvalue weighted by Crippen LogP contribution is -2.44. The number of hydrogen-bond donors (Lipinski definition) is 2. The fourth-order valence-corrected chi connectivity index (χ4v) is 2.94. The lowest BCUT2D eigenvalue weighted by Gasteiger charge is -2.27. The maximum atomic E-state index is 5.86. The standard InChI is InChI=1S/C15H24N4O.HI/c1-12-5-6-14(20-12)13(19-9-2-3-10-19)11-18-15-16-7-4-8-17-15;/h5-6,13H,2-4,7-11H2,1H3,(H2,16,17,18);1H. The fourth-order valence-electron chi connectivity index (χ4n) is 2.94. The molecule has 0 aliphatic carbocycles. The first-order valence-electron chi connectivity index (χ1n) is 7.65. The Morgan fingerprint density at radius 2 is 2.14 bits per heavy atom. The molecule has 1 fully saturated rings. The lowest BCUT2D eigenvalue weighted by atomic mass is 10.2. The number of aliphatic imine (C=N–C) groups is 1. The van der Waals surface area contributed by atoms with E-state index < -0.39 is 0 Å². The number of guanidine groups is 1. The van der Waals surface area contributed by atoms with Gasteiger partial charge >= 0.3 is 0 Å². The van der Waals surface area contributed by atoms with Gasteiger partial charge in [-0.1, -0.05) is 0 Å². The van der Waals surface area contributed by atoms with Crippen LogP contribution in [-0.4, -0.2) is 43.6 Å². The minimum Gasteiger partial charge on any atom is -0.465 e. The van der Waals surface area contributed by atoms with Crippen LogP contribution in [-0.2, 0) is 0 Å². The highest BCUT2D eigenvalue weighted by molar-refractivity contribution is 14.0. The molecular weight excluding hydrogens is 379 g/mol. The molecule has 1 aromatic heterocycles. The molecule has 2 N–H and O–H groups in total. The number of rotatable bonds is 4. The van der Waals surface area contributed by atoms with Crippen molar-refractivity contribution in [1.82, 2.24) is 15.5 Å². The molecule has 0 bridgehead atoms. The Balaban J connectivity index is 0.00000161. The summed E-state index contributed by atoms with van der Waals surface area (Å²) in [6.07, 6.45) is 3.70. The van der Waals surface area contributed by atoms with Crippen LogP contribution >= 0.6 is 24.0 Å². The number of likely N-dealkylation sites (tertiary alicyclic amines) is 1. The van der Waals surface area contributed by atoms with Gasteiger partial charge in [-0.05, 0) is 51.4 Å². The molecule has 3 rings (SSSR count). The quantitative estimate of drug-likeness (QED) is 0.757. The van der Waals surface area contributed by atoms with Gasteiger partial charge in [0, 0.05) is 19.6 Å². The number of nitrogens with one attached hydrogen (secondary N) is 2. The predicted molar refractivity (Wildman–Crippen MR) is 95.3 cm³/mol. The van der Waals surface area contributed by atoms with Gasteiger partial charge in [-0.25, -0.2) is 0 Å². The van der Waals surface area contributed by atoms with Gasteiger partial charge in [-0.3, -0.25) is 9.89 Å². The number of hydrogen-bond acceptors (Lipinski definition) is 5. The number of furan rings is 1. The van der Waals surface area contributed by atoms with E-state index in [0.29, 0.717) is 6.04 Å². The average Bonchev–Trinajstić information content (AvgIpc) is 3.13. The van der Waals surface area contributed by atoms with E-state index in [1.54, 1.807) is 0 Å². The molecule has 118 valence electrons. The summed E-state index contributed by atoms with van der Waals surface area (Å²) in [5.74, 6) is 2.98. The van der Waals surface area contributed by atoms with Crippen LogP contribution in [0.2, 0.25) is 0 Å². The molecular formula is C15H25IN4O. The van der Waals surface area contributed by atoms with E-state index in [9.17, 15) is 0 Å². The molecule has 21 heavy (non-hydrogen) atoms. The van der Waals surface area contributed by atoms with Crippen molar-refractivity contribution in [2.45, 2.75) is 32.2 Å². The summed E-state index contributed by atoms with van der Waals surface area (Å²) in [4.78, 5) is 6.98. The van der Waals surface area contributed by atoms with E-state index in [1.807, 2.05) is 6.92 Å². The van der Waals surface area contributed by atoms with Crippen LogP contribution in [0.5, 0.6) is 0 Å². The Labute approximate surface area is 143 Å². The summed E-state index contributed by atoms with van der Waals surface area (Å²) in [5.41, 5.74) is 0. The van der Waals surface area contributed by atoms with E-state index in [-0.39, 0.29) is 24.0 Å². The molecule has 0 saturated carbocycles. The summed E-state index contributed by atoms with van der Waals surface area (Å²) in [7, 11) is 0. The summed E-state index contributed by atoms with van der Waals surface area (Å²) >= 11 is 0. The highest BCUT2D eigenvalue weighted by atomic mass is 127. The van der Waals surface area contributed by atoms with E-state index in [2.05, 4.69) is 32.7 Å². The molecule has 2 aliphatic rings. The number of aryl methyl sites for hydroxylation is 1. The molecule has 0 spiro atoms. The minimum atomic E-state index is 0. The third kappa shape index (κ3) is 4.35. The van der Waals surface area contributed by atoms with Gasteiger partial charge in [0.25, 0.3) is 0 Å². The van der Waals surface area contributed by atoms with Gasteiger partial charge in [-0.15, -0.1) is 24.0 Å². The van der Waals surface area contributed by atoms with E-state index in [0.717, 1.165) is 56.6 Å². The van der Waals surface area contributed by atoms with E-state index in [4.69, 9.17) is 4.42 Å². The molecule has 6 heteroatoms. The Hall–Kier alpha value is -0.760.